The molecule has 0 saturated carbocycles. The first kappa shape index (κ1) is 15.0. The molecule has 2 atom stereocenters. The van der Waals surface area contributed by atoms with Gasteiger partial charge in [0.15, 0.2) is 0 Å². The lowest BCUT2D eigenvalue weighted by Gasteiger charge is -2.38. The Morgan fingerprint density at radius 1 is 1.37 bits per heavy atom. The third kappa shape index (κ3) is 3.59. The van der Waals surface area contributed by atoms with Gasteiger partial charge in [0.1, 0.15) is 0 Å². The molecule has 0 amide bonds. The van der Waals surface area contributed by atoms with Crippen LogP contribution in [0.2, 0.25) is 0 Å². The highest BCUT2D eigenvalue weighted by Gasteiger charge is 2.35. The Labute approximate surface area is 125 Å². The maximum Gasteiger partial charge on any atom is 0.0343 e. The summed E-state index contributed by atoms with van der Waals surface area (Å²) in [6.45, 7) is 7.73. The maximum atomic E-state index is 6.10. The van der Waals surface area contributed by atoms with E-state index in [-0.39, 0.29) is 5.54 Å². The minimum Gasteiger partial charge on any atom is -0.329 e. The van der Waals surface area contributed by atoms with Crippen molar-refractivity contribution >= 4 is 15.9 Å². The van der Waals surface area contributed by atoms with Gasteiger partial charge in [-0.05, 0) is 49.9 Å². The summed E-state index contributed by atoms with van der Waals surface area (Å²) in [6.07, 6.45) is 3.65. The van der Waals surface area contributed by atoms with Crippen molar-refractivity contribution in [1.29, 1.82) is 0 Å². The predicted molar refractivity (Wildman–Crippen MR) is 85.3 cm³/mol. The van der Waals surface area contributed by atoms with E-state index in [9.17, 15) is 0 Å². The topological polar surface area (TPSA) is 29.3 Å². The molecule has 1 aromatic rings. The normalized spacial score (nSPS) is 23.5. The predicted octanol–water partition coefficient (Wildman–Crippen LogP) is 3.44. The van der Waals surface area contributed by atoms with Crippen LogP contribution >= 0.6 is 15.9 Å². The van der Waals surface area contributed by atoms with Gasteiger partial charge in [-0.15, -0.1) is 0 Å². The lowest BCUT2D eigenvalue weighted by atomic mass is 9.91. The van der Waals surface area contributed by atoms with Crippen LogP contribution in [0.15, 0.2) is 28.7 Å². The Morgan fingerprint density at radius 3 is 2.58 bits per heavy atom. The van der Waals surface area contributed by atoms with Gasteiger partial charge in [0, 0.05) is 23.1 Å². The summed E-state index contributed by atoms with van der Waals surface area (Å²) in [5.41, 5.74) is 7.57. The first-order chi connectivity index (χ1) is 9.07. The van der Waals surface area contributed by atoms with Gasteiger partial charge in [-0.1, -0.05) is 41.4 Å². The Hall–Kier alpha value is -0.380. The molecule has 0 aliphatic carbocycles. The molecule has 1 heterocycles. The second kappa shape index (κ2) is 6.38. The number of hydrogen-bond acceptors (Lipinski definition) is 2. The fourth-order valence-corrected chi connectivity index (χ4v) is 3.28. The molecule has 1 aromatic carbocycles. The average molecular weight is 325 g/mol. The molecule has 1 aliphatic rings. The molecule has 1 aliphatic heterocycles. The van der Waals surface area contributed by atoms with Crippen LogP contribution in [0, 0.1) is 5.92 Å². The summed E-state index contributed by atoms with van der Waals surface area (Å²) in [4.78, 5) is 2.60. The fourth-order valence-electron chi connectivity index (χ4n) is 3.01. The molecule has 3 heteroatoms. The molecule has 106 valence electrons. The van der Waals surface area contributed by atoms with E-state index in [0.717, 1.165) is 23.4 Å². The Kier molecular flexibility index (Phi) is 5.04. The molecular formula is C16H25BrN2. The quantitative estimate of drug-likeness (QED) is 0.898. The van der Waals surface area contributed by atoms with Crippen LogP contribution in [0.3, 0.4) is 0 Å². The van der Waals surface area contributed by atoms with Crippen molar-refractivity contribution in [2.75, 3.05) is 19.6 Å². The van der Waals surface area contributed by atoms with E-state index in [2.05, 4.69) is 58.9 Å². The maximum absolute atomic E-state index is 6.10. The van der Waals surface area contributed by atoms with E-state index in [1.165, 1.54) is 31.5 Å². The van der Waals surface area contributed by atoms with E-state index >= 15 is 0 Å². The summed E-state index contributed by atoms with van der Waals surface area (Å²) in [6, 6.07) is 8.63. The molecule has 2 nitrogen and oxygen atoms in total. The van der Waals surface area contributed by atoms with Crippen molar-refractivity contribution in [2.45, 2.75) is 38.6 Å². The van der Waals surface area contributed by atoms with Crippen molar-refractivity contribution in [3.63, 3.8) is 0 Å². The van der Waals surface area contributed by atoms with Crippen LogP contribution in [0.25, 0.3) is 0 Å². The van der Waals surface area contributed by atoms with Gasteiger partial charge in [0.25, 0.3) is 0 Å². The molecular weight excluding hydrogens is 300 g/mol. The average Bonchev–Trinajstić information content (AvgIpc) is 2.91. The van der Waals surface area contributed by atoms with E-state index in [1.54, 1.807) is 0 Å². The molecule has 0 radical (unpaired) electrons. The van der Waals surface area contributed by atoms with Gasteiger partial charge in [-0.2, -0.15) is 0 Å². The number of nitrogens with zero attached hydrogens (tertiary/aromatic N) is 1. The number of nitrogens with two attached hydrogens (primary N) is 1. The van der Waals surface area contributed by atoms with Crippen LogP contribution in [-0.2, 0) is 6.42 Å². The van der Waals surface area contributed by atoms with Gasteiger partial charge < -0.3 is 5.73 Å². The summed E-state index contributed by atoms with van der Waals surface area (Å²) in [7, 11) is 0. The van der Waals surface area contributed by atoms with Gasteiger partial charge >= 0.3 is 0 Å². The van der Waals surface area contributed by atoms with Gasteiger partial charge in [0.2, 0.25) is 0 Å². The molecule has 2 N–H and O–H groups in total. The van der Waals surface area contributed by atoms with E-state index < -0.39 is 0 Å². The molecule has 2 rings (SSSR count). The van der Waals surface area contributed by atoms with Crippen molar-refractivity contribution in [1.82, 2.24) is 4.90 Å². The van der Waals surface area contributed by atoms with Gasteiger partial charge in [-0.25, -0.2) is 0 Å². The number of likely N-dealkylation sites (tertiary alicyclic amines) is 1. The zero-order valence-corrected chi connectivity index (χ0v) is 13.6. The third-order valence-electron chi connectivity index (χ3n) is 4.56. The van der Waals surface area contributed by atoms with Crippen molar-refractivity contribution in [3.8, 4) is 0 Å². The molecule has 0 spiro atoms. The minimum atomic E-state index is 0.0950. The summed E-state index contributed by atoms with van der Waals surface area (Å²) < 4.78 is 1.14. The van der Waals surface area contributed by atoms with Gasteiger partial charge in [-0.3, -0.25) is 4.90 Å². The van der Waals surface area contributed by atoms with Crippen LogP contribution in [-0.4, -0.2) is 30.1 Å². The first-order valence-corrected chi connectivity index (χ1v) is 8.06. The van der Waals surface area contributed by atoms with Crippen LogP contribution in [0.5, 0.6) is 0 Å². The molecule has 0 aromatic heterocycles. The third-order valence-corrected chi connectivity index (χ3v) is 5.09. The second-order valence-corrected chi connectivity index (χ2v) is 6.93. The molecule has 0 bridgehead atoms. The van der Waals surface area contributed by atoms with Gasteiger partial charge in [0.05, 0.1) is 0 Å². The van der Waals surface area contributed by atoms with Crippen LogP contribution in [0.4, 0.5) is 0 Å². The van der Waals surface area contributed by atoms with Crippen molar-refractivity contribution in [2.24, 2.45) is 11.7 Å². The van der Waals surface area contributed by atoms with E-state index in [0.29, 0.717) is 0 Å². The lowest BCUT2D eigenvalue weighted by molar-refractivity contribution is 0.137. The lowest BCUT2D eigenvalue weighted by Crippen LogP contribution is -2.52. The fraction of sp³-hybridized carbons (Fsp3) is 0.625. The molecule has 2 unspecified atom stereocenters. The summed E-state index contributed by atoms with van der Waals surface area (Å²) >= 11 is 3.49. The summed E-state index contributed by atoms with van der Waals surface area (Å²) in [5.74, 6) is 0.857. The van der Waals surface area contributed by atoms with Crippen LogP contribution in [0.1, 0.15) is 32.3 Å². The Morgan fingerprint density at radius 2 is 2.05 bits per heavy atom. The SMILES string of the molecule is CCC1CCN(C(C)(CN)Cc2ccc(Br)cc2)C1. The van der Waals surface area contributed by atoms with E-state index in [4.69, 9.17) is 5.73 Å². The molecule has 19 heavy (non-hydrogen) atoms. The zero-order chi connectivity index (χ0) is 13.9. The number of halogens is 1. The highest BCUT2D eigenvalue weighted by atomic mass is 79.9. The Balaban J connectivity index is 2.07. The first-order valence-electron chi connectivity index (χ1n) is 7.27. The molecule has 1 fully saturated rings. The van der Waals surface area contributed by atoms with Crippen LogP contribution < -0.4 is 5.73 Å². The Bertz CT molecular complexity index is 404. The van der Waals surface area contributed by atoms with Crippen molar-refractivity contribution in [3.05, 3.63) is 34.3 Å². The number of rotatable bonds is 5. The largest absolute Gasteiger partial charge is 0.329 e. The highest BCUT2D eigenvalue weighted by molar-refractivity contribution is 9.10. The smallest absolute Gasteiger partial charge is 0.0343 e. The standard InChI is InChI=1S/C16H25BrN2/c1-3-13-8-9-19(11-13)16(2,12-18)10-14-4-6-15(17)7-5-14/h4-7,13H,3,8-12,18H2,1-2H3. The highest BCUT2D eigenvalue weighted by Crippen LogP contribution is 2.29. The van der Waals surface area contributed by atoms with E-state index in [1.807, 2.05) is 0 Å². The number of benzene rings is 1. The zero-order valence-electron chi connectivity index (χ0n) is 12.0. The summed E-state index contributed by atoms with van der Waals surface area (Å²) in [5, 5.41) is 0. The van der Waals surface area contributed by atoms with Crippen molar-refractivity contribution < 1.29 is 0 Å². The molecule has 1 saturated heterocycles. The number of hydrogen-bond donors (Lipinski definition) is 1. The second-order valence-electron chi connectivity index (χ2n) is 6.01. The monoisotopic (exact) mass is 324 g/mol. The minimum absolute atomic E-state index is 0.0950.